The van der Waals surface area contributed by atoms with Gasteiger partial charge in [-0.3, -0.25) is 9.59 Å². The minimum absolute atomic E-state index is 0.0716. The van der Waals surface area contributed by atoms with Crippen molar-refractivity contribution < 1.29 is 24.5 Å². The van der Waals surface area contributed by atoms with Gasteiger partial charge in [-0.05, 0) is 44.9 Å². The highest BCUT2D eigenvalue weighted by Gasteiger charge is 2.24. The molecule has 0 bridgehead atoms. The van der Waals surface area contributed by atoms with Crippen molar-refractivity contribution in [3.63, 3.8) is 0 Å². The van der Waals surface area contributed by atoms with Crippen molar-refractivity contribution in [3.05, 3.63) is 12.2 Å². The molecular formula is C42H81NO5. The Labute approximate surface area is 298 Å². The molecule has 6 nitrogen and oxygen atoms in total. The zero-order valence-electron chi connectivity index (χ0n) is 32.1. The zero-order chi connectivity index (χ0) is 35.3. The third-order valence-corrected chi connectivity index (χ3v) is 9.59. The molecular weight excluding hydrogens is 598 g/mol. The molecule has 3 N–H and O–H groups in total. The highest BCUT2D eigenvalue weighted by Crippen LogP contribution is 2.17. The molecule has 6 heteroatoms. The quantitative estimate of drug-likeness (QED) is 0.0345. The van der Waals surface area contributed by atoms with E-state index in [0.29, 0.717) is 19.3 Å². The molecule has 0 saturated carbocycles. The summed E-state index contributed by atoms with van der Waals surface area (Å²) < 4.78 is 5.86. The number of amides is 1. The van der Waals surface area contributed by atoms with Crippen LogP contribution in [0.5, 0.6) is 0 Å². The number of carbonyl (C=O) groups is 2. The number of allylic oxidation sites excluding steroid dienone is 2. The average Bonchev–Trinajstić information content (AvgIpc) is 3.07. The maximum atomic E-state index is 13.0. The number of hydrogen-bond donors (Lipinski definition) is 3. The first-order chi connectivity index (χ1) is 23.5. The molecule has 48 heavy (non-hydrogen) atoms. The number of rotatable bonds is 37. The van der Waals surface area contributed by atoms with Crippen LogP contribution in [0, 0.1) is 0 Å². The number of unbranched alkanes of at least 4 members (excludes halogenated alkanes) is 23. The summed E-state index contributed by atoms with van der Waals surface area (Å²) in [4.78, 5) is 25.8. The van der Waals surface area contributed by atoms with Crippen LogP contribution in [-0.4, -0.2) is 46.9 Å². The Balaban J connectivity index is 4.57. The summed E-state index contributed by atoms with van der Waals surface area (Å²) in [6.45, 7) is 6.39. The molecule has 0 aliphatic heterocycles. The monoisotopic (exact) mass is 680 g/mol. The van der Waals surface area contributed by atoms with E-state index in [9.17, 15) is 19.8 Å². The second-order valence-electron chi connectivity index (χ2n) is 14.4. The Hall–Kier alpha value is -1.40. The standard InChI is InChI=1S/C42H81NO5/c1-4-7-10-13-16-19-20-23-26-29-32-35-42(47)48-38(33-30-27-24-21-17-14-11-8-5-2)36-41(46)43-39(37-44)40(45)34-31-28-25-22-18-15-12-9-6-3/h14,17,38-40,44-45H,4-13,15-16,18-37H2,1-3H3,(H,43,46)/b17-14-. The fraction of sp³-hybridized carbons (Fsp3) is 0.905. The van der Waals surface area contributed by atoms with Crippen molar-refractivity contribution in [2.24, 2.45) is 0 Å². The van der Waals surface area contributed by atoms with Crippen LogP contribution in [-0.2, 0) is 14.3 Å². The summed E-state index contributed by atoms with van der Waals surface area (Å²) in [5.74, 6) is -0.488. The van der Waals surface area contributed by atoms with Crippen molar-refractivity contribution in [1.82, 2.24) is 5.32 Å². The summed E-state index contributed by atoms with van der Waals surface area (Å²) in [6.07, 6.45) is 37.0. The Bertz CT molecular complexity index is 727. The largest absolute Gasteiger partial charge is 0.462 e. The molecule has 1 amide bonds. The lowest BCUT2D eigenvalue weighted by molar-refractivity contribution is -0.151. The van der Waals surface area contributed by atoms with Crippen LogP contribution in [0.2, 0.25) is 0 Å². The third-order valence-electron chi connectivity index (χ3n) is 9.59. The van der Waals surface area contributed by atoms with E-state index in [1.807, 2.05) is 0 Å². The predicted octanol–water partition coefficient (Wildman–Crippen LogP) is 11.4. The summed E-state index contributed by atoms with van der Waals surface area (Å²) in [5, 5.41) is 23.5. The van der Waals surface area contributed by atoms with E-state index < -0.39 is 18.2 Å². The first-order valence-corrected chi connectivity index (χ1v) is 20.9. The molecule has 284 valence electrons. The maximum absolute atomic E-state index is 13.0. The van der Waals surface area contributed by atoms with Crippen molar-refractivity contribution in [3.8, 4) is 0 Å². The lowest BCUT2D eigenvalue weighted by Crippen LogP contribution is -2.46. The van der Waals surface area contributed by atoms with Gasteiger partial charge in [0.2, 0.25) is 5.91 Å². The minimum Gasteiger partial charge on any atom is -0.462 e. The fourth-order valence-corrected chi connectivity index (χ4v) is 6.35. The number of carbonyl (C=O) groups excluding carboxylic acids is 2. The summed E-state index contributed by atoms with van der Waals surface area (Å²) in [7, 11) is 0. The van der Waals surface area contributed by atoms with E-state index in [1.54, 1.807) is 0 Å². The highest BCUT2D eigenvalue weighted by atomic mass is 16.5. The van der Waals surface area contributed by atoms with E-state index >= 15 is 0 Å². The van der Waals surface area contributed by atoms with E-state index in [-0.39, 0.29) is 24.9 Å². The van der Waals surface area contributed by atoms with Crippen molar-refractivity contribution in [1.29, 1.82) is 0 Å². The second kappa shape index (κ2) is 36.9. The number of hydrogen-bond acceptors (Lipinski definition) is 5. The first-order valence-electron chi connectivity index (χ1n) is 20.9. The number of esters is 1. The Morgan fingerprint density at radius 3 is 1.54 bits per heavy atom. The molecule has 0 aromatic rings. The lowest BCUT2D eigenvalue weighted by Gasteiger charge is -2.24. The van der Waals surface area contributed by atoms with Gasteiger partial charge >= 0.3 is 5.97 Å². The highest BCUT2D eigenvalue weighted by molar-refractivity contribution is 5.77. The Morgan fingerprint density at radius 1 is 0.583 bits per heavy atom. The molecule has 0 fully saturated rings. The maximum Gasteiger partial charge on any atom is 0.306 e. The average molecular weight is 680 g/mol. The first kappa shape index (κ1) is 46.6. The number of aliphatic hydroxyl groups is 2. The molecule has 0 saturated heterocycles. The third kappa shape index (κ3) is 31.8. The van der Waals surface area contributed by atoms with Crippen LogP contribution in [0.25, 0.3) is 0 Å². The summed E-state index contributed by atoms with van der Waals surface area (Å²) in [5.41, 5.74) is 0. The number of ether oxygens (including phenoxy) is 1. The van der Waals surface area contributed by atoms with Gasteiger partial charge in [-0.2, -0.15) is 0 Å². The minimum atomic E-state index is -0.782. The molecule has 0 rings (SSSR count). The van der Waals surface area contributed by atoms with Crippen LogP contribution in [0.3, 0.4) is 0 Å². The van der Waals surface area contributed by atoms with Gasteiger partial charge in [0.05, 0.1) is 25.2 Å². The zero-order valence-corrected chi connectivity index (χ0v) is 32.1. The Morgan fingerprint density at radius 2 is 1.02 bits per heavy atom. The van der Waals surface area contributed by atoms with Crippen LogP contribution < -0.4 is 5.32 Å². The second-order valence-corrected chi connectivity index (χ2v) is 14.4. The summed E-state index contributed by atoms with van der Waals surface area (Å²) in [6, 6.07) is -0.696. The molecule has 0 aromatic carbocycles. The number of aliphatic hydroxyl groups excluding tert-OH is 2. The van der Waals surface area contributed by atoms with Crippen LogP contribution in [0.15, 0.2) is 12.2 Å². The van der Waals surface area contributed by atoms with Gasteiger partial charge in [-0.25, -0.2) is 0 Å². The molecule has 0 aliphatic rings. The van der Waals surface area contributed by atoms with Crippen molar-refractivity contribution in [2.75, 3.05) is 6.61 Å². The van der Waals surface area contributed by atoms with Gasteiger partial charge in [0.25, 0.3) is 0 Å². The van der Waals surface area contributed by atoms with E-state index in [2.05, 4.69) is 38.2 Å². The fourth-order valence-electron chi connectivity index (χ4n) is 6.35. The van der Waals surface area contributed by atoms with Crippen molar-refractivity contribution in [2.45, 2.75) is 238 Å². The topological polar surface area (TPSA) is 95.9 Å². The van der Waals surface area contributed by atoms with Crippen LogP contribution >= 0.6 is 0 Å². The van der Waals surface area contributed by atoms with Gasteiger partial charge < -0.3 is 20.3 Å². The normalized spacial score (nSPS) is 13.5. The van der Waals surface area contributed by atoms with Crippen molar-refractivity contribution >= 4 is 11.9 Å². The summed E-state index contributed by atoms with van der Waals surface area (Å²) >= 11 is 0. The van der Waals surface area contributed by atoms with Crippen LogP contribution in [0.1, 0.15) is 220 Å². The SMILES string of the molecule is CCCC/C=C\CCCCCC(CC(=O)NC(CO)C(O)CCCCCCCCCCC)OC(=O)CCCCCCCCCCCCC. The van der Waals surface area contributed by atoms with Gasteiger partial charge in [0, 0.05) is 6.42 Å². The molecule has 0 aliphatic carbocycles. The molecule has 0 heterocycles. The lowest BCUT2D eigenvalue weighted by atomic mass is 10.0. The Kier molecular flexibility index (Phi) is 35.8. The van der Waals surface area contributed by atoms with E-state index in [1.165, 1.54) is 103 Å². The van der Waals surface area contributed by atoms with E-state index in [0.717, 1.165) is 70.6 Å². The molecule has 0 radical (unpaired) electrons. The molecule has 0 aromatic heterocycles. The number of nitrogens with one attached hydrogen (secondary N) is 1. The molecule has 0 spiro atoms. The smallest absolute Gasteiger partial charge is 0.306 e. The van der Waals surface area contributed by atoms with Gasteiger partial charge in [0.15, 0.2) is 0 Å². The van der Waals surface area contributed by atoms with Gasteiger partial charge in [-0.15, -0.1) is 0 Å². The molecule has 3 atom stereocenters. The van der Waals surface area contributed by atoms with Gasteiger partial charge in [-0.1, -0.05) is 174 Å². The van der Waals surface area contributed by atoms with Crippen LogP contribution in [0.4, 0.5) is 0 Å². The van der Waals surface area contributed by atoms with E-state index in [4.69, 9.17) is 4.74 Å². The predicted molar refractivity (Wildman–Crippen MR) is 204 cm³/mol. The molecule has 3 unspecified atom stereocenters. The van der Waals surface area contributed by atoms with Gasteiger partial charge in [0.1, 0.15) is 6.10 Å².